The highest BCUT2D eigenvalue weighted by molar-refractivity contribution is 5.98. The molecule has 1 rings (SSSR count). The second-order valence-electron chi connectivity index (χ2n) is 6.39. The molecule has 0 aromatic rings. The zero-order valence-corrected chi connectivity index (χ0v) is 12.8. The van der Waals surface area contributed by atoms with Crippen LogP contribution in [0.2, 0.25) is 0 Å². The maximum absolute atomic E-state index is 12.0. The monoisotopic (exact) mass is 268 g/mol. The summed E-state index contributed by atoms with van der Waals surface area (Å²) in [5.41, 5.74) is 0. The van der Waals surface area contributed by atoms with E-state index in [1.54, 1.807) is 0 Å². The van der Waals surface area contributed by atoms with Crippen molar-refractivity contribution < 1.29 is 9.59 Å². The minimum Gasteiger partial charge on any atom is -0.340 e. The number of ketones is 1. The highest BCUT2D eigenvalue weighted by atomic mass is 16.2. The Balaban J connectivity index is 2.30. The van der Waals surface area contributed by atoms with Crippen LogP contribution < -0.4 is 0 Å². The Morgan fingerprint density at radius 2 is 1.53 bits per heavy atom. The molecule has 0 saturated carbocycles. The van der Waals surface area contributed by atoms with Crippen LogP contribution >= 0.6 is 0 Å². The predicted octanol–water partition coefficient (Wildman–Crippen LogP) is 1.79. The maximum atomic E-state index is 12.0. The summed E-state index contributed by atoms with van der Waals surface area (Å²) in [5, 5.41) is 0. The molecular weight excluding hydrogens is 240 g/mol. The van der Waals surface area contributed by atoms with Crippen molar-refractivity contribution in [3.8, 4) is 0 Å². The second kappa shape index (κ2) is 7.63. The Kier molecular flexibility index (Phi) is 6.49. The molecule has 0 radical (unpaired) electrons. The van der Waals surface area contributed by atoms with Gasteiger partial charge in [-0.1, -0.05) is 27.7 Å². The number of carbonyl (C=O) groups is 2. The normalized spacial score (nSPS) is 17.3. The summed E-state index contributed by atoms with van der Waals surface area (Å²) < 4.78 is 0. The standard InChI is InChI=1S/C15H28N2O2/c1-12(2)9-14(18)10-15(19)17-7-5-16(6-8-17)11-13(3)4/h12-13H,5-11H2,1-4H3. The summed E-state index contributed by atoms with van der Waals surface area (Å²) in [6.45, 7) is 12.9. The highest BCUT2D eigenvalue weighted by Crippen LogP contribution is 2.09. The van der Waals surface area contributed by atoms with Crippen LogP contribution in [0.25, 0.3) is 0 Å². The number of carbonyl (C=O) groups excluding carboxylic acids is 2. The van der Waals surface area contributed by atoms with E-state index >= 15 is 0 Å². The fraction of sp³-hybridized carbons (Fsp3) is 0.867. The van der Waals surface area contributed by atoms with Crippen molar-refractivity contribution in [3.05, 3.63) is 0 Å². The van der Waals surface area contributed by atoms with Gasteiger partial charge in [-0.2, -0.15) is 0 Å². The maximum Gasteiger partial charge on any atom is 0.230 e. The lowest BCUT2D eigenvalue weighted by Crippen LogP contribution is -2.49. The quantitative estimate of drug-likeness (QED) is 0.690. The van der Waals surface area contributed by atoms with Gasteiger partial charge in [-0.15, -0.1) is 0 Å². The van der Waals surface area contributed by atoms with Gasteiger partial charge in [-0.05, 0) is 11.8 Å². The Morgan fingerprint density at radius 3 is 2.00 bits per heavy atom. The lowest BCUT2D eigenvalue weighted by Gasteiger charge is -2.35. The van der Waals surface area contributed by atoms with Crippen molar-refractivity contribution in [1.29, 1.82) is 0 Å². The molecule has 0 aliphatic carbocycles. The average Bonchev–Trinajstić information content (AvgIpc) is 2.27. The smallest absolute Gasteiger partial charge is 0.230 e. The third-order valence-electron chi connectivity index (χ3n) is 3.33. The van der Waals surface area contributed by atoms with E-state index in [9.17, 15) is 9.59 Å². The van der Waals surface area contributed by atoms with E-state index in [1.165, 1.54) is 0 Å². The Morgan fingerprint density at radius 1 is 0.947 bits per heavy atom. The number of rotatable bonds is 6. The highest BCUT2D eigenvalue weighted by Gasteiger charge is 2.23. The molecule has 0 atom stereocenters. The summed E-state index contributed by atoms with van der Waals surface area (Å²) in [6.07, 6.45) is 0.599. The van der Waals surface area contributed by atoms with E-state index in [4.69, 9.17) is 0 Å². The van der Waals surface area contributed by atoms with Gasteiger partial charge in [0.2, 0.25) is 5.91 Å². The molecule has 1 aliphatic rings. The van der Waals surface area contributed by atoms with E-state index in [0.29, 0.717) is 18.3 Å². The number of nitrogens with zero attached hydrogens (tertiary/aromatic N) is 2. The first-order valence-electron chi connectivity index (χ1n) is 7.40. The van der Waals surface area contributed by atoms with Crippen molar-refractivity contribution in [1.82, 2.24) is 9.80 Å². The van der Waals surface area contributed by atoms with Crippen LogP contribution in [0.4, 0.5) is 0 Å². The summed E-state index contributed by atoms with van der Waals surface area (Å²) >= 11 is 0. The van der Waals surface area contributed by atoms with Crippen LogP contribution in [0.1, 0.15) is 40.5 Å². The molecule has 0 aromatic heterocycles. The van der Waals surface area contributed by atoms with Gasteiger partial charge in [0.05, 0.1) is 6.42 Å². The van der Waals surface area contributed by atoms with E-state index in [2.05, 4.69) is 18.7 Å². The van der Waals surface area contributed by atoms with Gasteiger partial charge in [0.25, 0.3) is 0 Å². The van der Waals surface area contributed by atoms with Gasteiger partial charge in [-0.25, -0.2) is 0 Å². The summed E-state index contributed by atoms with van der Waals surface area (Å²) in [7, 11) is 0. The molecule has 1 fully saturated rings. The van der Waals surface area contributed by atoms with Gasteiger partial charge in [0.15, 0.2) is 0 Å². The molecule has 0 aromatic carbocycles. The Labute approximate surface area is 117 Å². The molecule has 1 saturated heterocycles. The zero-order valence-electron chi connectivity index (χ0n) is 12.8. The van der Waals surface area contributed by atoms with Crippen LogP contribution in [0.15, 0.2) is 0 Å². The van der Waals surface area contributed by atoms with E-state index in [0.717, 1.165) is 32.7 Å². The molecule has 4 nitrogen and oxygen atoms in total. The summed E-state index contributed by atoms with van der Waals surface area (Å²) in [5.74, 6) is 1.08. The van der Waals surface area contributed by atoms with E-state index < -0.39 is 0 Å². The second-order valence-corrected chi connectivity index (χ2v) is 6.39. The van der Waals surface area contributed by atoms with Gasteiger partial charge in [0.1, 0.15) is 5.78 Å². The molecule has 0 spiro atoms. The summed E-state index contributed by atoms with van der Waals surface area (Å²) in [4.78, 5) is 27.9. The van der Waals surface area contributed by atoms with Crippen LogP contribution in [0, 0.1) is 11.8 Å². The first kappa shape index (κ1) is 16.2. The van der Waals surface area contributed by atoms with Crippen molar-refractivity contribution in [2.24, 2.45) is 11.8 Å². The van der Waals surface area contributed by atoms with Crippen molar-refractivity contribution in [2.45, 2.75) is 40.5 Å². The van der Waals surface area contributed by atoms with Crippen LogP contribution in [0.5, 0.6) is 0 Å². The minimum atomic E-state index is 0.00912. The first-order valence-corrected chi connectivity index (χ1v) is 7.40. The molecule has 1 heterocycles. The molecule has 4 heteroatoms. The van der Waals surface area contributed by atoms with Crippen LogP contribution in [-0.4, -0.2) is 54.2 Å². The topological polar surface area (TPSA) is 40.6 Å². The molecule has 0 bridgehead atoms. The molecule has 0 unspecified atom stereocenters. The van der Waals surface area contributed by atoms with E-state index in [-0.39, 0.29) is 18.1 Å². The third-order valence-corrected chi connectivity index (χ3v) is 3.33. The fourth-order valence-electron chi connectivity index (χ4n) is 2.50. The largest absolute Gasteiger partial charge is 0.340 e. The number of hydrogen-bond acceptors (Lipinski definition) is 3. The molecule has 110 valence electrons. The SMILES string of the molecule is CC(C)CC(=O)CC(=O)N1CCN(CC(C)C)CC1. The Hall–Kier alpha value is -0.900. The minimum absolute atomic E-state index is 0.00912. The van der Waals surface area contributed by atoms with Gasteiger partial charge in [0, 0.05) is 39.1 Å². The lowest BCUT2D eigenvalue weighted by molar-refractivity contribution is -0.137. The first-order chi connectivity index (χ1) is 8.88. The molecule has 19 heavy (non-hydrogen) atoms. The van der Waals surface area contributed by atoms with Gasteiger partial charge in [-0.3, -0.25) is 14.5 Å². The van der Waals surface area contributed by atoms with E-state index in [1.807, 2.05) is 18.7 Å². The average molecular weight is 268 g/mol. The molecule has 0 N–H and O–H groups in total. The Bertz CT molecular complexity index is 305. The van der Waals surface area contributed by atoms with Crippen molar-refractivity contribution >= 4 is 11.7 Å². The number of piperazine rings is 1. The number of hydrogen-bond donors (Lipinski definition) is 0. The number of amides is 1. The van der Waals surface area contributed by atoms with Gasteiger partial charge < -0.3 is 4.90 Å². The van der Waals surface area contributed by atoms with Crippen molar-refractivity contribution in [2.75, 3.05) is 32.7 Å². The third kappa shape index (κ3) is 6.19. The van der Waals surface area contributed by atoms with Gasteiger partial charge >= 0.3 is 0 Å². The molecular formula is C15H28N2O2. The van der Waals surface area contributed by atoms with Crippen molar-refractivity contribution in [3.63, 3.8) is 0 Å². The van der Waals surface area contributed by atoms with Crippen LogP contribution in [0.3, 0.4) is 0 Å². The molecule has 1 amide bonds. The number of Topliss-reactive ketones (excluding diaryl/α,β-unsaturated/α-hetero) is 1. The lowest BCUT2D eigenvalue weighted by atomic mass is 10.0. The fourth-order valence-corrected chi connectivity index (χ4v) is 2.50. The van der Waals surface area contributed by atoms with Crippen LogP contribution in [-0.2, 0) is 9.59 Å². The zero-order chi connectivity index (χ0) is 14.4. The predicted molar refractivity (Wildman–Crippen MR) is 76.9 cm³/mol. The molecule has 1 aliphatic heterocycles. The summed E-state index contributed by atoms with van der Waals surface area (Å²) in [6, 6.07) is 0.